The number of para-hydroxylation sites is 1. The Balaban J connectivity index is 3.12. The van der Waals surface area contributed by atoms with Crippen molar-refractivity contribution in [2.45, 2.75) is 19.8 Å². The molecule has 0 aliphatic heterocycles. The molecule has 74 valence electrons. The normalized spacial score (nSPS) is 13.0. The maximum Gasteiger partial charge on any atom is 0.273 e. The Morgan fingerprint density at radius 2 is 2.07 bits per heavy atom. The number of nitro benzene ring substituents is 1. The number of hydrogen-bond donors (Lipinski definition) is 0. The van der Waals surface area contributed by atoms with Crippen LogP contribution in [0.5, 0.6) is 0 Å². The number of nitrogens with zero attached hydrogens (tertiary/aromatic N) is 1. The summed E-state index contributed by atoms with van der Waals surface area (Å²) in [4.78, 5) is 10.4. The molecule has 0 aliphatic carbocycles. The van der Waals surface area contributed by atoms with E-state index in [1.807, 2.05) is 32.1 Å². The van der Waals surface area contributed by atoms with E-state index in [9.17, 15) is 10.1 Å². The van der Waals surface area contributed by atoms with Crippen molar-refractivity contribution >= 4 is 5.69 Å². The molecule has 0 N–H and O–H groups in total. The predicted octanol–water partition coefficient (Wildman–Crippen LogP) is 3.27. The summed E-state index contributed by atoms with van der Waals surface area (Å²) >= 11 is 0. The molecule has 0 saturated heterocycles. The van der Waals surface area contributed by atoms with Crippen molar-refractivity contribution in [3.63, 3.8) is 0 Å². The highest BCUT2D eigenvalue weighted by molar-refractivity contribution is 5.43. The second-order valence-corrected chi connectivity index (χ2v) is 3.13. The molecule has 1 atom stereocenters. The summed E-state index contributed by atoms with van der Waals surface area (Å²) in [5.41, 5.74) is 0.953. The molecule has 1 aromatic rings. The third kappa shape index (κ3) is 2.19. The lowest BCUT2D eigenvalue weighted by molar-refractivity contribution is -0.385. The van der Waals surface area contributed by atoms with E-state index < -0.39 is 0 Å². The van der Waals surface area contributed by atoms with Gasteiger partial charge < -0.3 is 0 Å². The number of rotatable bonds is 3. The Morgan fingerprint density at radius 3 is 2.64 bits per heavy atom. The molecule has 14 heavy (non-hydrogen) atoms. The Labute approximate surface area is 83.2 Å². The minimum absolute atomic E-state index is 0.0848. The zero-order valence-corrected chi connectivity index (χ0v) is 8.31. The van der Waals surface area contributed by atoms with Crippen LogP contribution in [0.25, 0.3) is 0 Å². The molecular weight excluding hydrogens is 178 g/mol. The quantitative estimate of drug-likeness (QED) is 0.418. The monoisotopic (exact) mass is 191 g/mol. The maximum absolute atomic E-state index is 10.7. The molecular formula is C11H13NO2. The molecule has 3 heteroatoms. The highest BCUT2D eigenvalue weighted by Crippen LogP contribution is 2.26. The molecule has 0 saturated carbocycles. The standard InChI is InChI=1S/C11H13NO2/c1-3-6-9(2)10-7-4-5-8-11(10)12(13)14/h3-9H,1-2H3/b6-3-. The van der Waals surface area contributed by atoms with E-state index in [0.717, 1.165) is 5.56 Å². The Hall–Kier alpha value is -1.64. The number of benzene rings is 1. The van der Waals surface area contributed by atoms with Gasteiger partial charge in [-0.1, -0.05) is 37.3 Å². The molecule has 0 heterocycles. The van der Waals surface area contributed by atoms with E-state index in [1.165, 1.54) is 6.07 Å². The SMILES string of the molecule is C/C=C\C(C)c1ccccc1[N+](=O)[O-]. The third-order valence-electron chi connectivity index (χ3n) is 2.11. The van der Waals surface area contributed by atoms with Crippen LogP contribution in [0.1, 0.15) is 25.3 Å². The van der Waals surface area contributed by atoms with Crippen LogP contribution in [-0.4, -0.2) is 4.92 Å². The van der Waals surface area contributed by atoms with E-state index in [0.29, 0.717) is 0 Å². The Kier molecular flexibility index (Phi) is 3.40. The highest BCUT2D eigenvalue weighted by atomic mass is 16.6. The van der Waals surface area contributed by atoms with Gasteiger partial charge in [-0.2, -0.15) is 0 Å². The largest absolute Gasteiger partial charge is 0.273 e. The van der Waals surface area contributed by atoms with Crippen LogP contribution in [0.2, 0.25) is 0 Å². The minimum Gasteiger partial charge on any atom is -0.258 e. The van der Waals surface area contributed by atoms with E-state index in [2.05, 4.69) is 0 Å². The number of nitro groups is 1. The van der Waals surface area contributed by atoms with E-state index in [1.54, 1.807) is 12.1 Å². The van der Waals surface area contributed by atoms with Crippen molar-refractivity contribution in [3.8, 4) is 0 Å². The lowest BCUT2D eigenvalue weighted by atomic mass is 9.99. The summed E-state index contributed by atoms with van der Waals surface area (Å²) in [7, 11) is 0. The van der Waals surface area contributed by atoms with Crippen molar-refractivity contribution in [2.75, 3.05) is 0 Å². The smallest absolute Gasteiger partial charge is 0.258 e. The summed E-state index contributed by atoms with van der Waals surface area (Å²) in [6.07, 6.45) is 3.85. The van der Waals surface area contributed by atoms with Gasteiger partial charge in [0.15, 0.2) is 0 Å². The molecule has 1 unspecified atom stereocenters. The van der Waals surface area contributed by atoms with Gasteiger partial charge in [0.2, 0.25) is 0 Å². The average molecular weight is 191 g/mol. The zero-order chi connectivity index (χ0) is 10.6. The molecule has 3 nitrogen and oxygen atoms in total. The lowest BCUT2D eigenvalue weighted by Crippen LogP contribution is -1.97. The van der Waals surface area contributed by atoms with Crippen LogP contribution in [0.3, 0.4) is 0 Å². The molecule has 0 spiro atoms. The topological polar surface area (TPSA) is 43.1 Å². The van der Waals surface area contributed by atoms with Gasteiger partial charge in [0.05, 0.1) is 4.92 Å². The van der Waals surface area contributed by atoms with Crippen LogP contribution in [0.15, 0.2) is 36.4 Å². The minimum atomic E-state index is -0.338. The Bertz CT molecular complexity index is 358. The van der Waals surface area contributed by atoms with Gasteiger partial charge in [0, 0.05) is 17.5 Å². The first-order valence-corrected chi connectivity index (χ1v) is 4.53. The summed E-state index contributed by atoms with van der Waals surface area (Å²) < 4.78 is 0. The molecule has 0 radical (unpaired) electrons. The van der Waals surface area contributed by atoms with Crippen molar-refractivity contribution in [1.82, 2.24) is 0 Å². The van der Waals surface area contributed by atoms with Gasteiger partial charge >= 0.3 is 0 Å². The molecule has 0 amide bonds. The van der Waals surface area contributed by atoms with Crippen LogP contribution in [-0.2, 0) is 0 Å². The van der Waals surface area contributed by atoms with Crippen LogP contribution in [0.4, 0.5) is 5.69 Å². The molecule has 0 aliphatic rings. The summed E-state index contributed by atoms with van der Waals surface area (Å²) in [6.45, 7) is 3.85. The number of allylic oxidation sites excluding steroid dienone is 2. The van der Waals surface area contributed by atoms with Crippen LogP contribution < -0.4 is 0 Å². The first-order chi connectivity index (χ1) is 6.66. The summed E-state index contributed by atoms with van der Waals surface area (Å²) in [6, 6.07) is 6.84. The van der Waals surface area contributed by atoms with Crippen molar-refractivity contribution < 1.29 is 4.92 Å². The van der Waals surface area contributed by atoms with Crippen LogP contribution in [0, 0.1) is 10.1 Å². The van der Waals surface area contributed by atoms with Crippen molar-refractivity contribution in [3.05, 3.63) is 52.1 Å². The third-order valence-corrected chi connectivity index (χ3v) is 2.11. The van der Waals surface area contributed by atoms with Crippen molar-refractivity contribution in [2.24, 2.45) is 0 Å². The molecule has 0 fully saturated rings. The number of hydrogen-bond acceptors (Lipinski definition) is 2. The van der Waals surface area contributed by atoms with Gasteiger partial charge in [0.25, 0.3) is 5.69 Å². The molecule has 1 rings (SSSR count). The van der Waals surface area contributed by atoms with Gasteiger partial charge in [-0.15, -0.1) is 0 Å². The Morgan fingerprint density at radius 1 is 1.43 bits per heavy atom. The van der Waals surface area contributed by atoms with Crippen LogP contribution >= 0.6 is 0 Å². The second kappa shape index (κ2) is 4.56. The fourth-order valence-electron chi connectivity index (χ4n) is 1.43. The van der Waals surface area contributed by atoms with Gasteiger partial charge in [-0.3, -0.25) is 10.1 Å². The molecule has 0 bridgehead atoms. The fraction of sp³-hybridized carbons (Fsp3) is 0.273. The zero-order valence-electron chi connectivity index (χ0n) is 8.31. The first-order valence-electron chi connectivity index (χ1n) is 4.53. The van der Waals surface area contributed by atoms with Gasteiger partial charge in [-0.25, -0.2) is 0 Å². The maximum atomic E-state index is 10.7. The van der Waals surface area contributed by atoms with E-state index in [-0.39, 0.29) is 16.5 Å². The van der Waals surface area contributed by atoms with Gasteiger partial charge in [-0.05, 0) is 6.92 Å². The summed E-state index contributed by atoms with van der Waals surface area (Å²) in [5, 5.41) is 10.7. The molecule has 1 aromatic carbocycles. The first kappa shape index (κ1) is 10.4. The summed E-state index contributed by atoms with van der Waals surface area (Å²) in [5.74, 6) is 0.0848. The molecule has 0 aromatic heterocycles. The lowest BCUT2D eigenvalue weighted by Gasteiger charge is -2.06. The van der Waals surface area contributed by atoms with Gasteiger partial charge in [0.1, 0.15) is 0 Å². The predicted molar refractivity (Wildman–Crippen MR) is 56.3 cm³/mol. The fourth-order valence-corrected chi connectivity index (χ4v) is 1.43. The van der Waals surface area contributed by atoms with E-state index in [4.69, 9.17) is 0 Å². The average Bonchev–Trinajstić information content (AvgIpc) is 2.18. The van der Waals surface area contributed by atoms with Crippen molar-refractivity contribution in [1.29, 1.82) is 0 Å². The van der Waals surface area contributed by atoms with E-state index >= 15 is 0 Å². The highest BCUT2D eigenvalue weighted by Gasteiger charge is 2.15. The second-order valence-electron chi connectivity index (χ2n) is 3.13.